The second-order valence-corrected chi connectivity index (χ2v) is 5.86. The zero-order valence-electron chi connectivity index (χ0n) is 12.5. The van der Waals surface area contributed by atoms with Crippen LogP contribution in [0.15, 0.2) is 54.6 Å². The molecule has 3 aromatic rings. The van der Waals surface area contributed by atoms with Crippen molar-refractivity contribution in [3.63, 3.8) is 0 Å². The van der Waals surface area contributed by atoms with E-state index in [1.54, 1.807) is 0 Å². The van der Waals surface area contributed by atoms with Crippen molar-refractivity contribution >= 4 is 10.9 Å². The summed E-state index contributed by atoms with van der Waals surface area (Å²) >= 11 is 0. The molecule has 0 bridgehead atoms. The molecule has 1 fully saturated rings. The van der Waals surface area contributed by atoms with E-state index >= 15 is 0 Å². The number of nitrogens with zero attached hydrogens (tertiary/aromatic N) is 2. The SMILES string of the molecule is c1ccc(-c2nc(C3CCCNC3)nc3ccccc23)cc1. The third-order valence-electron chi connectivity index (χ3n) is 4.33. The monoisotopic (exact) mass is 289 g/mol. The van der Waals surface area contributed by atoms with E-state index in [0.29, 0.717) is 5.92 Å². The summed E-state index contributed by atoms with van der Waals surface area (Å²) in [6.45, 7) is 2.09. The van der Waals surface area contributed by atoms with Crippen molar-refractivity contribution in [2.24, 2.45) is 0 Å². The smallest absolute Gasteiger partial charge is 0.134 e. The largest absolute Gasteiger partial charge is 0.316 e. The number of aromatic nitrogens is 2. The number of rotatable bonds is 2. The molecule has 4 rings (SSSR count). The van der Waals surface area contributed by atoms with E-state index in [2.05, 4.69) is 47.8 Å². The van der Waals surface area contributed by atoms with Crippen LogP contribution in [0, 0.1) is 0 Å². The lowest BCUT2D eigenvalue weighted by atomic mass is 9.97. The molecule has 1 atom stereocenters. The lowest BCUT2D eigenvalue weighted by Gasteiger charge is -2.22. The van der Waals surface area contributed by atoms with E-state index in [9.17, 15) is 0 Å². The molecule has 1 aromatic heterocycles. The molecular weight excluding hydrogens is 270 g/mol. The molecule has 1 N–H and O–H groups in total. The van der Waals surface area contributed by atoms with E-state index in [4.69, 9.17) is 9.97 Å². The van der Waals surface area contributed by atoms with Crippen molar-refractivity contribution in [3.05, 3.63) is 60.4 Å². The molecule has 3 heteroatoms. The quantitative estimate of drug-likeness (QED) is 0.780. The maximum absolute atomic E-state index is 4.94. The minimum absolute atomic E-state index is 0.417. The van der Waals surface area contributed by atoms with Crippen LogP contribution in [0.5, 0.6) is 0 Å². The van der Waals surface area contributed by atoms with Crippen molar-refractivity contribution < 1.29 is 0 Å². The zero-order valence-corrected chi connectivity index (χ0v) is 12.5. The highest BCUT2D eigenvalue weighted by atomic mass is 14.9. The number of piperidine rings is 1. The van der Waals surface area contributed by atoms with E-state index in [1.165, 1.54) is 12.8 Å². The number of benzene rings is 2. The summed E-state index contributed by atoms with van der Waals surface area (Å²) in [6, 6.07) is 18.7. The predicted molar refractivity (Wildman–Crippen MR) is 89.8 cm³/mol. The fraction of sp³-hybridized carbons (Fsp3) is 0.263. The van der Waals surface area contributed by atoms with Crippen LogP contribution in [0.3, 0.4) is 0 Å². The van der Waals surface area contributed by atoms with Gasteiger partial charge in [-0.3, -0.25) is 0 Å². The van der Waals surface area contributed by atoms with Crippen molar-refractivity contribution in [2.75, 3.05) is 13.1 Å². The average Bonchev–Trinajstić information content (AvgIpc) is 2.62. The molecule has 0 aliphatic carbocycles. The zero-order chi connectivity index (χ0) is 14.8. The molecular formula is C19H19N3. The van der Waals surface area contributed by atoms with Gasteiger partial charge in [-0.25, -0.2) is 9.97 Å². The first-order valence-electron chi connectivity index (χ1n) is 7.94. The number of hydrogen-bond donors (Lipinski definition) is 1. The van der Waals surface area contributed by atoms with Gasteiger partial charge in [0.2, 0.25) is 0 Å². The Kier molecular flexibility index (Phi) is 3.57. The van der Waals surface area contributed by atoms with E-state index in [1.807, 2.05) is 12.1 Å². The third kappa shape index (κ3) is 2.48. The highest BCUT2D eigenvalue weighted by Gasteiger charge is 2.20. The van der Waals surface area contributed by atoms with Crippen LogP contribution in [0.4, 0.5) is 0 Å². The van der Waals surface area contributed by atoms with Crippen LogP contribution in [0.1, 0.15) is 24.6 Å². The molecule has 22 heavy (non-hydrogen) atoms. The molecule has 0 radical (unpaired) electrons. The standard InChI is InChI=1S/C19H19N3/c1-2-7-14(8-3-1)18-16-10-4-5-11-17(16)21-19(22-18)15-9-6-12-20-13-15/h1-5,7-8,10-11,15,20H,6,9,12-13H2. The van der Waals surface area contributed by atoms with Gasteiger partial charge in [-0.05, 0) is 25.5 Å². The summed E-state index contributed by atoms with van der Waals surface area (Å²) in [7, 11) is 0. The fourth-order valence-corrected chi connectivity index (χ4v) is 3.17. The second kappa shape index (κ2) is 5.85. The fourth-order valence-electron chi connectivity index (χ4n) is 3.17. The van der Waals surface area contributed by atoms with E-state index in [-0.39, 0.29) is 0 Å². The molecule has 1 saturated heterocycles. The molecule has 2 aromatic carbocycles. The molecule has 1 aliphatic rings. The van der Waals surface area contributed by atoms with Gasteiger partial charge < -0.3 is 5.32 Å². The molecule has 1 unspecified atom stereocenters. The first-order chi connectivity index (χ1) is 10.9. The number of fused-ring (bicyclic) bond motifs is 1. The summed E-state index contributed by atoms with van der Waals surface area (Å²) in [5.41, 5.74) is 3.25. The van der Waals surface area contributed by atoms with Crippen molar-refractivity contribution in [3.8, 4) is 11.3 Å². The Labute approximate surface area is 130 Å². The van der Waals surface area contributed by atoms with Crippen molar-refractivity contribution in [1.82, 2.24) is 15.3 Å². The molecule has 0 spiro atoms. The topological polar surface area (TPSA) is 37.8 Å². The molecule has 3 nitrogen and oxygen atoms in total. The third-order valence-corrected chi connectivity index (χ3v) is 4.33. The van der Waals surface area contributed by atoms with Crippen LogP contribution < -0.4 is 5.32 Å². The van der Waals surface area contributed by atoms with Gasteiger partial charge in [0.25, 0.3) is 0 Å². The van der Waals surface area contributed by atoms with E-state index < -0.39 is 0 Å². The van der Waals surface area contributed by atoms with Crippen molar-refractivity contribution in [1.29, 1.82) is 0 Å². The van der Waals surface area contributed by atoms with Gasteiger partial charge >= 0.3 is 0 Å². The number of hydrogen-bond acceptors (Lipinski definition) is 3. The van der Waals surface area contributed by atoms with Crippen LogP contribution in [0.2, 0.25) is 0 Å². The highest BCUT2D eigenvalue weighted by molar-refractivity contribution is 5.92. The second-order valence-electron chi connectivity index (χ2n) is 5.86. The molecule has 2 heterocycles. The Balaban J connectivity index is 1.89. The number of para-hydroxylation sites is 1. The minimum atomic E-state index is 0.417. The normalized spacial score (nSPS) is 18.5. The molecule has 1 aliphatic heterocycles. The van der Waals surface area contributed by atoms with Gasteiger partial charge in [-0.1, -0.05) is 48.5 Å². The maximum Gasteiger partial charge on any atom is 0.134 e. The minimum Gasteiger partial charge on any atom is -0.316 e. The van der Waals surface area contributed by atoms with Gasteiger partial charge in [0.15, 0.2) is 0 Å². The average molecular weight is 289 g/mol. The van der Waals surface area contributed by atoms with E-state index in [0.717, 1.165) is 41.1 Å². The van der Waals surface area contributed by atoms with Gasteiger partial charge in [-0.15, -0.1) is 0 Å². The summed E-state index contributed by atoms with van der Waals surface area (Å²) in [5.74, 6) is 1.39. The maximum atomic E-state index is 4.94. The molecule has 110 valence electrons. The van der Waals surface area contributed by atoms with Gasteiger partial charge in [0.05, 0.1) is 11.2 Å². The Hall–Kier alpha value is -2.26. The Bertz CT molecular complexity index is 777. The number of nitrogens with one attached hydrogen (secondary N) is 1. The summed E-state index contributed by atoms with van der Waals surface area (Å²) < 4.78 is 0. The Morgan fingerprint density at radius 2 is 1.73 bits per heavy atom. The van der Waals surface area contributed by atoms with Crippen LogP contribution >= 0.6 is 0 Å². The first kappa shape index (κ1) is 13.4. The van der Waals surface area contributed by atoms with Crippen LogP contribution in [-0.2, 0) is 0 Å². The van der Waals surface area contributed by atoms with Gasteiger partial charge in [0.1, 0.15) is 5.82 Å². The highest BCUT2D eigenvalue weighted by Crippen LogP contribution is 2.29. The lowest BCUT2D eigenvalue weighted by Crippen LogP contribution is -2.29. The summed E-state index contributed by atoms with van der Waals surface area (Å²) in [5, 5.41) is 4.59. The molecule has 0 amide bonds. The Morgan fingerprint density at radius 1 is 0.909 bits per heavy atom. The van der Waals surface area contributed by atoms with Crippen LogP contribution in [-0.4, -0.2) is 23.1 Å². The van der Waals surface area contributed by atoms with Crippen molar-refractivity contribution in [2.45, 2.75) is 18.8 Å². The summed E-state index contributed by atoms with van der Waals surface area (Å²) in [6.07, 6.45) is 2.36. The summed E-state index contributed by atoms with van der Waals surface area (Å²) in [4.78, 5) is 9.78. The molecule has 0 saturated carbocycles. The lowest BCUT2D eigenvalue weighted by molar-refractivity contribution is 0.448. The predicted octanol–water partition coefficient (Wildman–Crippen LogP) is 3.76. The van der Waals surface area contributed by atoms with Gasteiger partial charge in [0, 0.05) is 23.4 Å². The first-order valence-corrected chi connectivity index (χ1v) is 7.94. The Morgan fingerprint density at radius 3 is 2.55 bits per heavy atom. The van der Waals surface area contributed by atoms with Crippen LogP contribution in [0.25, 0.3) is 22.2 Å². The van der Waals surface area contributed by atoms with Gasteiger partial charge in [-0.2, -0.15) is 0 Å².